The van der Waals surface area contributed by atoms with Crippen molar-refractivity contribution in [2.45, 2.75) is 45.1 Å². The average Bonchev–Trinajstić information content (AvgIpc) is 2.98. The zero-order valence-corrected chi connectivity index (χ0v) is 19.1. The summed E-state index contributed by atoms with van der Waals surface area (Å²) >= 11 is 12.3. The molecule has 32 heavy (non-hydrogen) atoms. The van der Waals surface area contributed by atoms with Crippen molar-refractivity contribution in [2.24, 2.45) is 0 Å². The normalized spacial score (nSPS) is 17.2. The topological polar surface area (TPSA) is 78.5 Å². The van der Waals surface area contributed by atoms with Crippen LogP contribution >= 0.6 is 23.2 Å². The highest BCUT2D eigenvalue weighted by atomic mass is 35.5. The maximum atomic E-state index is 13.0. The number of hydrogen-bond donors (Lipinski definition) is 2. The third-order valence-corrected chi connectivity index (χ3v) is 6.43. The molecule has 0 bridgehead atoms. The number of carbonyl (C=O) groups is 3. The van der Waals surface area contributed by atoms with E-state index in [1.807, 2.05) is 6.92 Å². The van der Waals surface area contributed by atoms with Crippen LogP contribution in [0.1, 0.15) is 48.0 Å². The zero-order valence-electron chi connectivity index (χ0n) is 17.6. The van der Waals surface area contributed by atoms with Gasteiger partial charge in [-0.3, -0.25) is 19.3 Å². The highest BCUT2D eigenvalue weighted by molar-refractivity contribution is 6.48. The molecule has 1 aliphatic heterocycles. The Balaban J connectivity index is 1.54. The second-order valence-electron chi connectivity index (χ2n) is 8.08. The Morgan fingerprint density at radius 2 is 1.75 bits per heavy atom. The van der Waals surface area contributed by atoms with Crippen molar-refractivity contribution in [3.05, 3.63) is 69.3 Å². The van der Waals surface area contributed by atoms with Crippen molar-refractivity contribution in [1.82, 2.24) is 4.90 Å². The van der Waals surface area contributed by atoms with Gasteiger partial charge in [-0.1, -0.05) is 54.6 Å². The lowest BCUT2D eigenvalue weighted by Gasteiger charge is -2.29. The SMILES string of the molecule is Cc1ccc(C(=O)Nc2cccc(Cl)c2)cc1NC1=C(Cl)C(=O)N(C2CCCCC2)C1=O. The van der Waals surface area contributed by atoms with Gasteiger partial charge in [0.05, 0.1) is 0 Å². The Morgan fingerprint density at radius 3 is 2.47 bits per heavy atom. The van der Waals surface area contributed by atoms with Gasteiger partial charge < -0.3 is 10.6 Å². The molecule has 0 spiro atoms. The van der Waals surface area contributed by atoms with Crippen molar-refractivity contribution in [3.63, 3.8) is 0 Å². The monoisotopic (exact) mass is 471 g/mol. The second kappa shape index (κ2) is 9.35. The first-order valence-corrected chi connectivity index (χ1v) is 11.3. The average molecular weight is 472 g/mol. The first-order valence-electron chi connectivity index (χ1n) is 10.6. The van der Waals surface area contributed by atoms with Gasteiger partial charge >= 0.3 is 0 Å². The number of rotatable bonds is 5. The van der Waals surface area contributed by atoms with Gasteiger partial charge in [-0.15, -0.1) is 0 Å². The number of anilines is 2. The summed E-state index contributed by atoms with van der Waals surface area (Å²) in [7, 11) is 0. The molecule has 1 saturated carbocycles. The van der Waals surface area contributed by atoms with Crippen LogP contribution in [0.3, 0.4) is 0 Å². The standard InChI is InChI=1S/C24H23Cl2N3O3/c1-14-10-11-15(22(30)27-17-7-5-6-16(25)13-17)12-19(14)28-21-20(26)23(31)29(24(21)32)18-8-3-2-4-9-18/h5-7,10-13,18,28H,2-4,8-9H2,1H3,(H,27,30). The molecule has 6 nitrogen and oxygen atoms in total. The van der Waals surface area contributed by atoms with Gasteiger partial charge in [-0.25, -0.2) is 0 Å². The smallest absolute Gasteiger partial charge is 0.279 e. The maximum absolute atomic E-state index is 13.0. The molecule has 2 N–H and O–H groups in total. The fourth-order valence-electron chi connectivity index (χ4n) is 4.10. The number of nitrogens with one attached hydrogen (secondary N) is 2. The summed E-state index contributed by atoms with van der Waals surface area (Å²) in [5, 5.41) is 6.21. The molecule has 2 aromatic rings. The summed E-state index contributed by atoms with van der Waals surface area (Å²) in [4.78, 5) is 39.8. The molecule has 0 radical (unpaired) electrons. The van der Waals surface area contributed by atoms with E-state index in [-0.39, 0.29) is 22.7 Å². The minimum absolute atomic E-state index is 0.0535. The zero-order chi connectivity index (χ0) is 22.8. The minimum Gasteiger partial charge on any atom is -0.349 e. The highest BCUT2D eigenvalue weighted by Crippen LogP contribution is 2.33. The van der Waals surface area contributed by atoms with Crippen LogP contribution in [0.2, 0.25) is 5.02 Å². The van der Waals surface area contributed by atoms with E-state index in [2.05, 4.69) is 10.6 Å². The van der Waals surface area contributed by atoms with Crippen LogP contribution in [0.15, 0.2) is 53.2 Å². The van der Waals surface area contributed by atoms with E-state index in [4.69, 9.17) is 23.2 Å². The lowest BCUT2D eigenvalue weighted by atomic mass is 9.94. The van der Waals surface area contributed by atoms with Gasteiger partial charge in [0.1, 0.15) is 10.7 Å². The van der Waals surface area contributed by atoms with Crippen LogP contribution in [-0.2, 0) is 9.59 Å². The molecule has 1 heterocycles. The number of amides is 3. The fraction of sp³-hybridized carbons (Fsp3) is 0.292. The summed E-state index contributed by atoms with van der Waals surface area (Å²) in [6, 6.07) is 11.8. The summed E-state index contributed by atoms with van der Waals surface area (Å²) < 4.78 is 0. The number of carbonyl (C=O) groups excluding carboxylic acids is 3. The molecule has 2 aliphatic rings. The van der Waals surface area contributed by atoms with E-state index in [1.54, 1.807) is 42.5 Å². The Hall–Kier alpha value is -2.83. The molecule has 0 aromatic heterocycles. The Bertz CT molecular complexity index is 1120. The lowest BCUT2D eigenvalue weighted by molar-refractivity contribution is -0.140. The van der Waals surface area contributed by atoms with Crippen LogP contribution in [-0.4, -0.2) is 28.7 Å². The second-order valence-corrected chi connectivity index (χ2v) is 8.89. The van der Waals surface area contributed by atoms with Crippen molar-refractivity contribution in [2.75, 3.05) is 10.6 Å². The van der Waals surface area contributed by atoms with Crippen molar-refractivity contribution in [3.8, 4) is 0 Å². The molecule has 3 amide bonds. The molecular formula is C24H23Cl2N3O3. The van der Waals surface area contributed by atoms with Crippen molar-refractivity contribution >= 4 is 52.3 Å². The molecule has 1 aliphatic carbocycles. The quantitative estimate of drug-likeness (QED) is 0.567. The largest absolute Gasteiger partial charge is 0.349 e. The van der Waals surface area contributed by atoms with Gasteiger partial charge in [0, 0.05) is 28.0 Å². The summed E-state index contributed by atoms with van der Waals surface area (Å²) in [6.07, 6.45) is 4.69. The van der Waals surface area contributed by atoms with Crippen molar-refractivity contribution in [1.29, 1.82) is 0 Å². The number of aryl methyl sites for hydroxylation is 1. The summed E-state index contributed by atoms with van der Waals surface area (Å²) in [5.74, 6) is -1.20. The number of halogens is 2. The molecule has 166 valence electrons. The first-order chi connectivity index (χ1) is 15.3. The van der Waals surface area contributed by atoms with Gasteiger partial charge in [0.25, 0.3) is 17.7 Å². The maximum Gasteiger partial charge on any atom is 0.279 e. The van der Waals surface area contributed by atoms with Gasteiger partial charge in [0.15, 0.2) is 0 Å². The van der Waals surface area contributed by atoms with Crippen LogP contribution in [0, 0.1) is 6.92 Å². The van der Waals surface area contributed by atoms with Crippen molar-refractivity contribution < 1.29 is 14.4 Å². The summed E-state index contributed by atoms with van der Waals surface area (Å²) in [5.41, 5.74) is 2.35. The van der Waals surface area contributed by atoms with E-state index in [1.165, 1.54) is 4.90 Å². The van der Waals surface area contributed by atoms with E-state index in [0.29, 0.717) is 22.0 Å². The summed E-state index contributed by atoms with van der Waals surface area (Å²) in [6.45, 7) is 1.84. The number of imide groups is 1. The molecule has 0 atom stereocenters. The Morgan fingerprint density at radius 1 is 1.00 bits per heavy atom. The number of nitrogens with zero attached hydrogens (tertiary/aromatic N) is 1. The fourth-order valence-corrected chi connectivity index (χ4v) is 4.51. The molecule has 1 fully saturated rings. The highest BCUT2D eigenvalue weighted by Gasteiger charge is 2.42. The number of hydrogen-bond acceptors (Lipinski definition) is 4. The predicted octanol–water partition coefficient (Wildman–Crippen LogP) is 5.46. The molecule has 0 unspecified atom stereocenters. The van der Waals surface area contributed by atoms with Crippen LogP contribution in [0.25, 0.3) is 0 Å². The van der Waals surface area contributed by atoms with Gasteiger partial charge in [-0.2, -0.15) is 0 Å². The van der Waals surface area contributed by atoms with E-state index in [0.717, 1.165) is 37.7 Å². The van der Waals surface area contributed by atoms with E-state index in [9.17, 15) is 14.4 Å². The van der Waals surface area contributed by atoms with Crippen LogP contribution in [0.4, 0.5) is 11.4 Å². The Kier molecular flexibility index (Phi) is 6.53. The van der Waals surface area contributed by atoms with Gasteiger partial charge in [0.2, 0.25) is 0 Å². The van der Waals surface area contributed by atoms with Crippen LogP contribution < -0.4 is 10.6 Å². The molecule has 8 heteroatoms. The first kappa shape index (κ1) is 22.4. The molecular weight excluding hydrogens is 449 g/mol. The van der Waals surface area contributed by atoms with Gasteiger partial charge in [-0.05, 0) is 55.7 Å². The molecule has 0 saturated heterocycles. The third kappa shape index (κ3) is 4.52. The third-order valence-electron chi connectivity index (χ3n) is 5.84. The minimum atomic E-state index is -0.460. The lowest BCUT2D eigenvalue weighted by Crippen LogP contribution is -2.42. The molecule has 2 aromatic carbocycles. The number of benzene rings is 2. The van der Waals surface area contributed by atoms with E-state index < -0.39 is 11.8 Å². The van der Waals surface area contributed by atoms with E-state index >= 15 is 0 Å². The molecule has 4 rings (SSSR count). The predicted molar refractivity (Wildman–Crippen MR) is 126 cm³/mol. The van der Waals surface area contributed by atoms with Crippen LogP contribution in [0.5, 0.6) is 0 Å². The Labute approximate surface area is 196 Å².